The van der Waals surface area contributed by atoms with E-state index in [4.69, 9.17) is 14.2 Å². The average molecular weight is 441 g/mol. The van der Waals surface area contributed by atoms with Crippen LogP contribution in [0.25, 0.3) is 10.8 Å². The van der Waals surface area contributed by atoms with Crippen molar-refractivity contribution >= 4 is 28.7 Å². The molecule has 0 radical (unpaired) electrons. The number of carbonyl (C=O) groups is 3. The summed E-state index contributed by atoms with van der Waals surface area (Å²) in [6.07, 6.45) is -0.0412. The number of benzene rings is 2. The molecule has 1 aliphatic carbocycles. The minimum atomic E-state index is -1.54. The normalized spacial score (nSPS) is 19.8. The van der Waals surface area contributed by atoms with E-state index in [0.717, 1.165) is 16.3 Å². The maximum Gasteiger partial charge on any atom is 0.324 e. The van der Waals surface area contributed by atoms with E-state index in [-0.39, 0.29) is 18.9 Å². The minimum absolute atomic E-state index is 0.0447. The molecule has 0 amide bonds. The van der Waals surface area contributed by atoms with Gasteiger partial charge < -0.3 is 14.2 Å². The predicted molar refractivity (Wildman–Crippen MR) is 121 cm³/mol. The molecule has 6 nitrogen and oxygen atoms in total. The van der Waals surface area contributed by atoms with Gasteiger partial charge in [-0.25, -0.2) is 0 Å². The number of rotatable bonds is 7. The summed E-state index contributed by atoms with van der Waals surface area (Å²) in [5, 5.41) is 2.17. The maximum absolute atomic E-state index is 13.4. The van der Waals surface area contributed by atoms with Gasteiger partial charge in [-0.05, 0) is 62.8 Å². The molecule has 2 unspecified atom stereocenters. The number of carbonyl (C=O) groups excluding carboxylic acids is 3. The molecule has 2 aromatic rings. The molecule has 2 atom stereocenters. The van der Waals surface area contributed by atoms with Crippen LogP contribution in [0.2, 0.25) is 0 Å². The van der Waals surface area contributed by atoms with Crippen LogP contribution in [0.3, 0.4) is 0 Å². The summed E-state index contributed by atoms with van der Waals surface area (Å²) < 4.78 is 16.4. The van der Waals surface area contributed by atoms with Crippen molar-refractivity contribution in [2.75, 3.05) is 6.61 Å². The molecule has 1 fully saturated rings. The highest BCUT2D eigenvalue weighted by Gasteiger charge is 2.61. The van der Waals surface area contributed by atoms with Crippen molar-refractivity contribution in [2.24, 2.45) is 11.3 Å². The summed E-state index contributed by atoms with van der Waals surface area (Å²) in [5.41, 5.74) is -0.474. The molecule has 0 aliphatic heterocycles. The van der Waals surface area contributed by atoms with Gasteiger partial charge in [0.25, 0.3) is 0 Å². The van der Waals surface area contributed by atoms with Crippen LogP contribution in [0.4, 0.5) is 0 Å². The van der Waals surface area contributed by atoms with Gasteiger partial charge in [-0.2, -0.15) is 0 Å². The Morgan fingerprint density at radius 2 is 1.53 bits per heavy atom. The SMILES string of the molecule is CC(=O)OCC1CC(c2cccc3ccccc23)CC1(C(=O)OC(C)C)C(=O)OC(C)C. The lowest BCUT2D eigenvalue weighted by atomic mass is 9.77. The molecule has 3 rings (SSSR count). The third kappa shape index (κ3) is 4.79. The molecule has 0 heterocycles. The fourth-order valence-electron chi connectivity index (χ4n) is 4.68. The quantitative estimate of drug-likeness (QED) is 0.350. The molecule has 6 heteroatoms. The Hall–Kier alpha value is -2.89. The second kappa shape index (κ2) is 9.72. The van der Waals surface area contributed by atoms with Crippen LogP contribution in [0.15, 0.2) is 42.5 Å². The number of fused-ring (bicyclic) bond motifs is 1. The van der Waals surface area contributed by atoms with Gasteiger partial charge in [-0.3, -0.25) is 14.4 Å². The fraction of sp³-hybridized carbons (Fsp3) is 0.500. The highest BCUT2D eigenvalue weighted by Crippen LogP contribution is 2.53. The smallest absolute Gasteiger partial charge is 0.324 e. The Bertz CT molecular complexity index is 965. The van der Waals surface area contributed by atoms with Crippen LogP contribution in [0.5, 0.6) is 0 Å². The van der Waals surface area contributed by atoms with Crippen molar-refractivity contribution in [3.8, 4) is 0 Å². The lowest BCUT2D eigenvalue weighted by Crippen LogP contribution is -2.47. The number of ether oxygens (including phenoxy) is 3. The standard InChI is InChI=1S/C26H32O6/c1-16(2)31-24(28)26(25(29)32-17(3)4)14-20(13-21(26)15-30-18(5)27)23-12-8-10-19-9-6-7-11-22(19)23/h6-12,16-17,20-21H,13-15H2,1-5H3. The Morgan fingerprint density at radius 3 is 2.12 bits per heavy atom. The van der Waals surface area contributed by atoms with E-state index < -0.39 is 41.4 Å². The first kappa shape index (κ1) is 23.8. The van der Waals surface area contributed by atoms with Crippen LogP contribution in [0, 0.1) is 11.3 Å². The van der Waals surface area contributed by atoms with E-state index in [1.54, 1.807) is 27.7 Å². The molecule has 1 saturated carbocycles. The molecule has 0 saturated heterocycles. The van der Waals surface area contributed by atoms with E-state index in [1.807, 2.05) is 42.5 Å². The molecular weight excluding hydrogens is 408 g/mol. The number of hydrogen-bond donors (Lipinski definition) is 0. The third-order valence-electron chi connectivity index (χ3n) is 6.00. The van der Waals surface area contributed by atoms with Gasteiger partial charge in [0.2, 0.25) is 0 Å². The van der Waals surface area contributed by atoms with Gasteiger partial charge >= 0.3 is 17.9 Å². The van der Waals surface area contributed by atoms with Crippen molar-refractivity contribution in [1.29, 1.82) is 0 Å². The molecule has 0 bridgehead atoms. The Kier molecular flexibility index (Phi) is 7.22. The van der Waals surface area contributed by atoms with Gasteiger partial charge in [0.05, 0.1) is 18.8 Å². The van der Waals surface area contributed by atoms with E-state index in [2.05, 4.69) is 0 Å². The third-order valence-corrected chi connectivity index (χ3v) is 6.00. The van der Waals surface area contributed by atoms with Gasteiger partial charge in [0.15, 0.2) is 5.41 Å². The van der Waals surface area contributed by atoms with Crippen molar-refractivity contribution < 1.29 is 28.6 Å². The van der Waals surface area contributed by atoms with Crippen LogP contribution in [0.1, 0.15) is 58.9 Å². The first-order valence-corrected chi connectivity index (χ1v) is 11.2. The Labute approximate surface area is 189 Å². The topological polar surface area (TPSA) is 78.9 Å². The fourth-order valence-corrected chi connectivity index (χ4v) is 4.68. The first-order chi connectivity index (χ1) is 15.1. The Balaban J connectivity index is 2.09. The Morgan fingerprint density at radius 1 is 0.938 bits per heavy atom. The predicted octanol–water partition coefficient (Wildman–Crippen LogP) is 4.79. The lowest BCUT2D eigenvalue weighted by molar-refractivity contribution is -0.183. The average Bonchev–Trinajstić information content (AvgIpc) is 3.11. The van der Waals surface area contributed by atoms with E-state index >= 15 is 0 Å². The molecule has 2 aromatic carbocycles. The van der Waals surface area contributed by atoms with Crippen molar-refractivity contribution in [3.05, 3.63) is 48.0 Å². The monoisotopic (exact) mass is 440 g/mol. The second-order valence-corrected chi connectivity index (χ2v) is 9.08. The van der Waals surface area contributed by atoms with E-state index in [9.17, 15) is 14.4 Å². The zero-order valence-corrected chi connectivity index (χ0v) is 19.4. The summed E-state index contributed by atoms with van der Waals surface area (Å²) in [5.74, 6) is -2.33. The molecule has 1 aliphatic rings. The maximum atomic E-state index is 13.4. The summed E-state index contributed by atoms with van der Waals surface area (Å²) >= 11 is 0. The molecule has 0 spiro atoms. The largest absolute Gasteiger partial charge is 0.466 e. The second-order valence-electron chi connectivity index (χ2n) is 9.08. The highest BCUT2D eigenvalue weighted by atomic mass is 16.6. The molecule has 0 N–H and O–H groups in total. The van der Waals surface area contributed by atoms with Gasteiger partial charge in [0, 0.05) is 12.8 Å². The number of hydrogen-bond acceptors (Lipinski definition) is 6. The van der Waals surface area contributed by atoms with Gasteiger partial charge in [-0.1, -0.05) is 42.5 Å². The lowest BCUT2D eigenvalue weighted by Gasteiger charge is -2.32. The van der Waals surface area contributed by atoms with Crippen LogP contribution in [-0.2, 0) is 28.6 Å². The minimum Gasteiger partial charge on any atom is -0.466 e. The zero-order valence-electron chi connectivity index (χ0n) is 19.4. The first-order valence-electron chi connectivity index (χ1n) is 11.2. The van der Waals surface area contributed by atoms with Crippen LogP contribution < -0.4 is 0 Å². The van der Waals surface area contributed by atoms with Gasteiger partial charge in [-0.15, -0.1) is 0 Å². The van der Waals surface area contributed by atoms with E-state index in [0.29, 0.717) is 6.42 Å². The summed E-state index contributed by atoms with van der Waals surface area (Å²) in [6, 6.07) is 14.1. The van der Waals surface area contributed by atoms with Crippen molar-refractivity contribution in [3.63, 3.8) is 0 Å². The summed E-state index contributed by atoms with van der Waals surface area (Å²) in [6.45, 7) is 8.26. The van der Waals surface area contributed by atoms with Crippen LogP contribution in [-0.4, -0.2) is 36.7 Å². The molecule has 172 valence electrons. The van der Waals surface area contributed by atoms with Gasteiger partial charge in [0.1, 0.15) is 0 Å². The number of esters is 3. The zero-order chi connectivity index (χ0) is 23.5. The summed E-state index contributed by atoms with van der Waals surface area (Å²) in [7, 11) is 0. The molecular formula is C26H32O6. The van der Waals surface area contributed by atoms with E-state index in [1.165, 1.54) is 6.92 Å². The molecule has 32 heavy (non-hydrogen) atoms. The van der Waals surface area contributed by atoms with Crippen molar-refractivity contribution in [1.82, 2.24) is 0 Å². The summed E-state index contributed by atoms with van der Waals surface area (Å²) in [4.78, 5) is 38.4. The van der Waals surface area contributed by atoms with Crippen LogP contribution >= 0.6 is 0 Å². The van der Waals surface area contributed by atoms with Crippen molar-refractivity contribution in [2.45, 2.75) is 65.6 Å². The molecule has 0 aromatic heterocycles. The highest BCUT2D eigenvalue weighted by molar-refractivity contribution is 6.01.